The lowest BCUT2D eigenvalue weighted by Crippen LogP contribution is -2.66. The third kappa shape index (κ3) is 2.10. The van der Waals surface area contributed by atoms with Crippen molar-refractivity contribution in [3.8, 4) is 0 Å². The van der Waals surface area contributed by atoms with Crippen LogP contribution in [0.3, 0.4) is 0 Å². The molecule has 2 N–H and O–H groups in total. The second kappa shape index (κ2) is 6.16. The number of esters is 1. The Bertz CT molecular complexity index is 1070. The minimum absolute atomic E-state index is 0.0344. The molecule has 9 nitrogen and oxygen atoms in total. The lowest BCUT2D eigenvalue weighted by atomic mass is 9.45. The third-order valence-corrected chi connectivity index (χ3v) is 10.7. The molecular weight excluding hydrogens is 440 g/mol. The van der Waals surface area contributed by atoms with E-state index in [0.717, 1.165) is 31.3 Å². The maximum Gasteiger partial charge on any atom is 0.408 e. The molecule has 2 spiro atoms. The molecule has 5 fully saturated rings. The monoisotopic (exact) mass is 472 g/mol. The number of carbonyl (C=O) groups is 3. The van der Waals surface area contributed by atoms with Crippen molar-refractivity contribution < 1.29 is 33.3 Å². The van der Waals surface area contributed by atoms with Crippen LogP contribution in [0.15, 0.2) is 11.1 Å². The average Bonchev–Trinajstić information content (AvgIpc) is 3.70. The van der Waals surface area contributed by atoms with Gasteiger partial charge in [0.15, 0.2) is 6.10 Å². The van der Waals surface area contributed by atoms with Gasteiger partial charge in [-0.1, -0.05) is 20.8 Å². The van der Waals surface area contributed by atoms with E-state index in [9.17, 15) is 14.4 Å². The highest BCUT2D eigenvalue weighted by atomic mass is 16.7. The standard InChI is InChI=1S/C25H32N2O7/c1-11(2)24-18(34-24)15-8-23(15)22(3)6-5-12-13(10-31-19(12)29)14(22)7-16-25(23,33-16)20(24)32-21(30)27-9-17(28)26-4/h11,14-16,18,20H,5-10H2,1-4H3,(H,26,28)(H,27,30)/t14-,15-,16-,18-,20+,22-,23-,24-,25+/m0/s1. The summed E-state index contributed by atoms with van der Waals surface area (Å²) in [5.74, 6) is 0.310. The van der Waals surface area contributed by atoms with Crippen LogP contribution in [0.1, 0.15) is 46.5 Å². The summed E-state index contributed by atoms with van der Waals surface area (Å²) in [5, 5.41) is 5.09. The van der Waals surface area contributed by atoms with Crippen molar-refractivity contribution in [1.82, 2.24) is 10.6 Å². The Morgan fingerprint density at radius 1 is 1.26 bits per heavy atom. The van der Waals surface area contributed by atoms with Gasteiger partial charge in [-0.25, -0.2) is 9.59 Å². The summed E-state index contributed by atoms with van der Waals surface area (Å²) >= 11 is 0. The molecule has 2 saturated heterocycles. The van der Waals surface area contributed by atoms with Crippen LogP contribution in [0, 0.1) is 28.6 Å². The number of carbonyl (C=O) groups excluding carboxylic acids is 3. The van der Waals surface area contributed by atoms with Crippen LogP contribution in [0.5, 0.6) is 0 Å². The summed E-state index contributed by atoms with van der Waals surface area (Å²) in [4.78, 5) is 36.8. The summed E-state index contributed by atoms with van der Waals surface area (Å²) < 4.78 is 24.8. The molecule has 7 rings (SSSR count). The second-order valence-corrected chi connectivity index (χ2v) is 11.8. The molecule has 0 aromatic rings. The molecule has 9 heteroatoms. The van der Waals surface area contributed by atoms with Gasteiger partial charge in [0.25, 0.3) is 0 Å². The first-order valence-electron chi connectivity index (χ1n) is 12.6. The van der Waals surface area contributed by atoms with Gasteiger partial charge in [-0.15, -0.1) is 0 Å². The smallest absolute Gasteiger partial charge is 0.408 e. The van der Waals surface area contributed by atoms with Crippen LogP contribution < -0.4 is 10.6 Å². The van der Waals surface area contributed by atoms with E-state index in [2.05, 4.69) is 31.4 Å². The van der Waals surface area contributed by atoms with Gasteiger partial charge in [0.2, 0.25) is 5.91 Å². The van der Waals surface area contributed by atoms with Gasteiger partial charge in [0.1, 0.15) is 17.8 Å². The number of likely N-dealkylation sites (N-methyl/N-ethyl adjacent to an activating group) is 1. The number of cyclic esters (lactones) is 1. The number of fused-ring (bicyclic) bond motifs is 4. The maximum absolute atomic E-state index is 12.9. The van der Waals surface area contributed by atoms with E-state index in [0.29, 0.717) is 12.5 Å². The second-order valence-electron chi connectivity index (χ2n) is 11.8. The molecule has 3 heterocycles. The SMILES string of the molecule is CNC(=O)CNC(=O)O[C@@H]1[C@@]2(C(C)C)O[C@H]2[C@@H]2C[C@]23[C@]12O[C@H]2C[C@H]1C2=C(CC[C@@]13C)C(=O)OC2. The van der Waals surface area contributed by atoms with Gasteiger partial charge in [-0.05, 0) is 54.4 Å². The molecule has 184 valence electrons. The van der Waals surface area contributed by atoms with Crippen LogP contribution in [-0.4, -0.2) is 67.7 Å². The predicted octanol–water partition coefficient (Wildman–Crippen LogP) is 1.45. The van der Waals surface area contributed by atoms with Gasteiger partial charge in [0.05, 0.1) is 18.8 Å². The number of alkyl carbamates (subject to hydrolysis) is 1. The van der Waals surface area contributed by atoms with E-state index in [-0.39, 0.29) is 53.3 Å². The number of hydrogen-bond donors (Lipinski definition) is 2. The number of amides is 2. The van der Waals surface area contributed by atoms with Crippen molar-refractivity contribution in [1.29, 1.82) is 0 Å². The molecule has 9 atom stereocenters. The molecule has 0 radical (unpaired) electrons. The fourth-order valence-corrected chi connectivity index (χ4v) is 9.07. The minimum atomic E-state index is -0.614. The largest absolute Gasteiger partial charge is 0.458 e. The molecule has 0 aromatic heterocycles. The zero-order chi connectivity index (χ0) is 23.8. The average molecular weight is 473 g/mol. The first-order chi connectivity index (χ1) is 16.2. The van der Waals surface area contributed by atoms with Crippen molar-refractivity contribution in [2.24, 2.45) is 28.6 Å². The number of epoxide rings is 2. The number of nitrogens with one attached hydrogen (secondary N) is 2. The van der Waals surface area contributed by atoms with Gasteiger partial charge < -0.3 is 29.6 Å². The fourth-order valence-electron chi connectivity index (χ4n) is 9.07. The lowest BCUT2D eigenvalue weighted by molar-refractivity contribution is -0.136. The molecule has 0 unspecified atom stereocenters. The number of hydrogen-bond acceptors (Lipinski definition) is 7. The van der Waals surface area contributed by atoms with Crippen molar-refractivity contribution in [3.05, 3.63) is 11.1 Å². The van der Waals surface area contributed by atoms with E-state index >= 15 is 0 Å². The molecule has 4 aliphatic carbocycles. The fraction of sp³-hybridized carbons (Fsp3) is 0.800. The van der Waals surface area contributed by atoms with Crippen molar-refractivity contribution in [3.63, 3.8) is 0 Å². The van der Waals surface area contributed by atoms with E-state index in [1.807, 2.05) is 0 Å². The molecule has 0 bridgehead atoms. The molecule has 0 aromatic carbocycles. The molecule has 2 amide bonds. The third-order valence-electron chi connectivity index (χ3n) is 10.7. The van der Waals surface area contributed by atoms with E-state index in [1.165, 1.54) is 12.6 Å². The van der Waals surface area contributed by atoms with Crippen molar-refractivity contribution in [2.45, 2.75) is 76.0 Å². The minimum Gasteiger partial charge on any atom is -0.458 e. The summed E-state index contributed by atoms with van der Waals surface area (Å²) in [6.45, 7) is 6.85. The van der Waals surface area contributed by atoms with Crippen molar-refractivity contribution in [2.75, 3.05) is 20.2 Å². The van der Waals surface area contributed by atoms with Crippen LogP contribution >= 0.6 is 0 Å². The molecular formula is C25H32N2O7. The Hall–Kier alpha value is -2.13. The Balaban J connectivity index is 1.27. The highest BCUT2D eigenvalue weighted by Crippen LogP contribution is 2.90. The Labute approximate surface area is 198 Å². The summed E-state index contributed by atoms with van der Waals surface area (Å²) in [5.41, 5.74) is 0.682. The van der Waals surface area contributed by atoms with Gasteiger partial charge in [0, 0.05) is 18.0 Å². The van der Waals surface area contributed by atoms with E-state index in [4.69, 9.17) is 18.9 Å². The van der Waals surface area contributed by atoms with Gasteiger partial charge >= 0.3 is 12.1 Å². The zero-order valence-electron chi connectivity index (χ0n) is 20.1. The van der Waals surface area contributed by atoms with Crippen LogP contribution in [0.2, 0.25) is 0 Å². The normalized spacial score (nSPS) is 50.5. The first-order valence-corrected chi connectivity index (χ1v) is 12.6. The lowest BCUT2D eigenvalue weighted by Gasteiger charge is -2.56. The predicted molar refractivity (Wildman–Crippen MR) is 116 cm³/mol. The van der Waals surface area contributed by atoms with E-state index in [1.54, 1.807) is 0 Å². The molecule has 3 saturated carbocycles. The quantitative estimate of drug-likeness (QED) is 0.470. The Morgan fingerprint density at radius 2 is 2.06 bits per heavy atom. The first kappa shape index (κ1) is 21.2. The van der Waals surface area contributed by atoms with Gasteiger partial charge in [-0.3, -0.25) is 4.79 Å². The number of rotatable bonds is 4. The van der Waals surface area contributed by atoms with E-state index < -0.39 is 23.4 Å². The molecule has 34 heavy (non-hydrogen) atoms. The van der Waals surface area contributed by atoms with Crippen molar-refractivity contribution >= 4 is 18.0 Å². The Kier molecular flexibility index (Phi) is 3.84. The Morgan fingerprint density at radius 3 is 2.79 bits per heavy atom. The van der Waals surface area contributed by atoms with Crippen LogP contribution in [-0.2, 0) is 28.5 Å². The van der Waals surface area contributed by atoms with Gasteiger partial charge in [-0.2, -0.15) is 0 Å². The van der Waals surface area contributed by atoms with Crippen LogP contribution in [0.25, 0.3) is 0 Å². The maximum atomic E-state index is 12.9. The summed E-state index contributed by atoms with van der Waals surface area (Å²) in [6, 6.07) is 0. The van der Waals surface area contributed by atoms with Crippen LogP contribution in [0.4, 0.5) is 4.79 Å². The number of ether oxygens (including phenoxy) is 4. The highest BCUT2D eigenvalue weighted by molar-refractivity contribution is 5.92. The highest BCUT2D eigenvalue weighted by Gasteiger charge is 2.99. The summed E-state index contributed by atoms with van der Waals surface area (Å²) in [7, 11) is 1.53. The molecule has 7 aliphatic rings. The zero-order valence-corrected chi connectivity index (χ0v) is 20.1. The molecule has 3 aliphatic heterocycles. The summed E-state index contributed by atoms with van der Waals surface area (Å²) in [6.07, 6.45) is 2.27. The topological polar surface area (TPSA) is 119 Å².